The summed E-state index contributed by atoms with van der Waals surface area (Å²) < 4.78 is 0. The van der Waals surface area contributed by atoms with Crippen LogP contribution in [0.15, 0.2) is 97.2 Å². The molecule has 4 aromatic carbocycles. The Balaban J connectivity index is 0.873. The van der Waals surface area contributed by atoms with Crippen molar-refractivity contribution in [3.05, 3.63) is 119 Å². The highest BCUT2D eigenvalue weighted by Crippen LogP contribution is 2.34. The van der Waals surface area contributed by atoms with Crippen molar-refractivity contribution in [2.45, 2.75) is 31.7 Å². The van der Waals surface area contributed by atoms with E-state index in [4.69, 9.17) is 5.73 Å². The van der Waals surface area contributed by atoms with Gasteiger partial charge in [0, 0.05) is 49.4 Å². The van der Waals surface area contributed by atoms with Crippen molar-refractivity contribution in [1.29, 1.82) is 0 Å². The number of pyridine rings is 1. The van der Waals surface area contributed by atoms with Crippen molar-refractivity contribution in [2.24, 2.45) is 5.73 Å². The second-order valence-corrected chi connectivity index (χ2v) is 14.0. The number of fused-ring (bicyclic) bond motifs is 2. The van der Waals surface area contributed by atoms with E-state index in [2.05, 4.69) is 26.3 Å². The highest BCUT2D eigenvalue weighted by molar-refractivity contribution is 6.25. The lowest BCUT2D eigenvalue weighted by Crippen LogP contribution is -2.54. The van der Waals surface area contributed by atoms with Crippen LogP contribution < -0.4 is 31.9 Å². The Morgan fingerprint density at radius 1 is 0.862 bits per heavy atom. The maximum Gasteiger partial charge on any atom is 0.264 e. The average Bonchev–Trinajstić information content (AvgIpc) is 3.47. The summed E-state index contributed by atoms with van der Waals surface area (Å²) in [4.78, 5) is 95.5. The average molecular weight is 781 g/mol. The minimum absolute atomic E-state index is 0.0172. The van der Waals surface area contributed by atoms with E-state index < -0.39 is 35.6 Å². The molecule has 0 radical (unpaired) electrons. The number of benzene rings is 4. The number of anilines is 3. The molecule has 1 saturated heterocycles. The van der Waals surface area contributed by atoms with Crippen molar-refractivity contribution in [2.75, 3.05) is 36.9 Å². The third-order valence-corrected chi connectivity index (χ3v) is 10.1. The van der Waals surface area contributed by atoms with Gasteiger partial charge in [0.15, 0.2) is 0 Å². The van der Waals surface area contributed by atoms with Gasteiger partial charge in [-0.3, -0.25) is 48.8 Å². The molecule has 1 aromatic heterocycles. The molecule has 2 aliphatic heterocycles. The van der Waals surface area contributed by atoms with E-state index >= 15 is 0 Å². The van der Waals surface area contributed by atoms with E-state index in [0.717, 1.165) is 27.1 Å². The van der Waals surface area contributed by atoms with Gasteiger partial charge in [0.2, 0.25) is 17.7 Å². The lowest BCUT2D eigenvalue weighted by molar-refractivity contribution is -0.136. The number of piperidine rings is 1. The zero-order chi connectivity index (χ0) is 40.9. The van der Waals surface area contributed by atoms with E-state index in [1.54, 1.807) is 36.2 Å². The van der Waals surface area contributed by atoms with Crippen LogP contribution in [0.1, 0.15) is 67.1 Å². The number of unbranched alkanes of at least 4 members (excludes halogenated alkanes) is 1. The van der Waals surface area contributed by atoms with Crippen LogP contribution in [0.5, 0.6) is 0 Å². The predicted molar refractivity (Wildman–Crippen MR) is 216 cm³/mol. The molecule has 294 valence electrons. The Kier molecular flexibility index (Phi) is 11.2. The highest BCUT2D eigenvalue weighted by atomic mass is 16.2. The van der Waals surface area contributed by atoms with Crippen molar-refractivity contribution in [3.8, 4) is 11.1 Å². The maximum atomic E-state index is 13.4. The molecule has 2 aliphatic rings. The molecule has 0 aliphatic carbocycles. The van der Waals surface area contributed by atoms with Gasteiger partial charge in [-0.2, -0.15) is 0 Å². The summed E-state index contributed by atoms with van der Waals surface area (Å²) in [6.45, 7) is 0.663. The van der Waals surface area contributed by atoms with Crippen LogP contribution in [0.2, 0.25) is 0 Å². The molecule has 0 spiro atoms. The molecular formula is C43H40N8O7. The monoisotopic (exact) mass is 780 g/mol. The number of para-hydroxylation sites is 1. The molecular weight excluding hydrogens is 741 g/mol. The first-order chi connectivity index (χ1) is 28.0. The first kappa shape index (κ1) is 38.8. The third-order valence-electron chi connectivity index (χ3n) is 10.1. The zero-order valence-electron chi connectivity index (χ0n) is 31.5. The van der Waals surface area contributed by atoms with Crippen molar-refractivity contribution < 1.29 is 33.6 Å². The van der Waals surface area contributed by atoms with Crippen molar-refractivity contribution >= 4 is 69.3 Å². The van der Waals surface area contributed by atoms with Gasteiger partial charge >= 0.3 is 0 Å². The number of carbonyl (C=O) groups is 7. The molecule has 7 rings (SSSR count). The van der Waals surface area contributed by atoms with E-state index in [1.807, 2.05) is 60.7 Å². The standard InChI is InChI=1S/C43H40N8O7/c1-50(33-11-7-10-30-37(33)43(58)51(42(30)57)34-18-19-35(52)49-41(34)56)24-36(53)45-20-5-6-21-46-40(55)26-14-12-25(13-15-26)27-16-17-29-32(22-27)47-23-31(39(44)54)38(29)48-28-8-3-2-4-9-28/h2-4,7-17,22-23,34H,5-6,18-21,24H2,1H3,(H2,44,54)(H,45,53)(H,46,55)(H,47,48)(H,49,52,56). The number of likely N-dealkylation sites (N-methyl/N-ethyl adjacent to an activating group) is 1. The molecule has 58 heavy (non-hydrogen) atoms. The lowest BCUT2D eigenvalue weighted by Gasteiger charge is -2.28. The SMILES string of the molecule is CN(CC(=O)NCCCCNC(=O)c1ccc(-c2ccc3c(Nc4ccccc4)c(C(N)=O)cnc3c2)cc1)c1cccc2c1C(=O)N(C1CCC(=O)NC1=O)C2=O. The van der Waals surface area contributed by atoms with Crippen molar-refractivity contribution in [1.82, 2.24) is 25.8 Å². The van der Waals surface area contributed by atoms with Gasteiger partial charge in [0.25, 0.3) is 23.6 Å². The van der Waals surface area contributed by atoms with E-state index in [-0.39, 0.29) is 47.9 Å². The number of nitrogens with two attached hydrogens (primary N) is 1. The second kappa shape index (κ2) is 16.8. The maximum absolute atomic E-state index is 13.4. The molecule has 15 nitrogen and oxygen atoms in total. The molecule has 6 N–H and O–H groups in total. The fourth-order valence-corrected chi connectivity index (χ4v) is 7.13. The van der Waals surface area contributed by atoms with Gasteiger partial charge in [0.05, 0.1) is 40.1 Å². The van der Waals surface area contributed by atoms with Crippen LogP contribution in [0.3, 0.4) is 0 Å². The van der Waals surface area contributed by atoms with Gasteiger partial charge < -0.3 is 26.6 Å². The van der Waals surface area contributed by atoms with Crippen LogP contribution in [0.25, 0.3) is 22.0 Å². The van der Waals surface area contributed by atoms with Crippen molar-refractivity contribution in [3.63, 3.8) is 0 Å². The summed E-state index contributed by atoms with van der Waals surface area (Å²) >= 11 is 0. The number of primary amides is 1. The van der Waals surface area contributed by atoms with Crippen LogP contribution in [0.4, 0.5) is 17.1 Å². The van der Waals surface area contributed by atoms with E-state index in [1.165, 1.54) is 12.3 Å². The topological polar surface area (TPSA) is 213 Å². The number of amides is 7. The number of carbonyl (C=O) groups excluding carboxylic acids is 7. The Bertz CT molecular complexity index is 2470. The molecule has 0 saturated carbocycles. The minimum Gasteiger partial charge on any atom is -0.365 e. The molecule has 1 unspecified atom stereocenters. The smallest absolute Gasteiger partial charge is 0.264 e. The summed E-state index contributed by atoms with van der Waals surface area (Å²) in [6, 6.07) is 26.1. The van der Waals surface area contributed by atoms with Crippen LogP contribution in [0, 0.1) is 0 Å². The van der Waals surface area contributed by atoms with Gasteiger partial charge in [-0.1, -0.05) is 48.5 Å². The van der Waals surface area contributed by atoms with Gasteiger partial charge in [-0.05, 0) is 72.9 Å². The van der Waals surface area contributed by atoms with Crippen LogP contribution >= 0.6 is 0 Å². The second-order valence-electron chi connectivity index (χ2n) is 14.0. The number of rotatable bonds is 14. The Morgan fingerprint density at radius 3 is 2.31 bits per heavy atom. The highest BCUT2D eigenvalue weighted by Gasteiger charge is 2.46. The summed E-state index contributed by atoms with van der Waals surface area (Å²) in [6.07, 6.45) is 2.74. The van der Waals surface area contributed by atoms with Crippen LogP contribution in [-0.4, -0.2) is 84.0 Å². The molecule has 1 atom stereocenters. The Morgan fingerprint density at radius 2 is 1.59 bits per heavy atom. The first-order valence-corrected chi connectivity index (χ1v) is 18.8. The fourth-order valence-electron chi connectivity index (χ4n) is 7.13. The lowest BCUT2D eigenvalue weighted by atomic mass is 10.0. The first-order valence-electron chi connectivity index (χ1n) is 18.8. The van der Waals surface area contributed by atoms with Gasteiger partial charge in [-0.15, -0.1) is 0 Å². The number of aromatic nitrogens is 1. The molecule has 3 heterocycles. The summed E-state index contributed by atoms with van der Waals surface area (Å²) in [5.41, 5.74) is 10.8. The van der Waals surface area contributed by atoms with Gasteiger partial charge in [0.1, 0.15) is 6.04 Å². The minimum atomic E-state index is -1.09. The molecule has 7 amide bonds. The largest absolute Gasteiger partial charge is 0.365 e. The summed E-state index contributed by atoms with van der Waals surface area (Å²) in [5.74, 6) is -3.53. The van der Waals surface area contributed by atoms with E-state index in [0.29, 0.717) is 48.4 Å². The number of hydrogen-bond acceptors (Lipinski definition) is 10. The normalized spacial score (nSPS) is 14.8. The van der Waals surface area contributed by atoms with Crippen LogP contribution in [-0.2, 0) is 14.4 Å². The molecule has 1 fully saturated rings. The number of nitrogens with one attached hydrogen (secondary N) is 4. The number of imide groups is 2. The Labute approximate surface area is 333 Å². The quantitative estimate of drug-likeness (QED) is 0.0810. The zero-order valence-corrected chi connectivity index (χ0v) is 31.5. The van der Waals surface area contributed by atoms with Gasteiger partial charge in [-0.25, -0.2) is 0 Å². The number of hydrogen-bond donors (Lipinski definition) is 5. The summed E-state index contributed by atoms with van der Waals surface area (Å²) in [5, 5.41) is 12.0. The molecule has 15 heteroatoms. The Hall–Kier alpha value is -7.42. The third kappa shape index (κ3) is 8.09. The summed E-state index contributed by atoms with van der Waals surface area (Å²) in [7, 11) is 1.63. The molecule has 5 aromatic rings. The fraction of sp³-hybridized carbons (Fsp3) is 0.209. The predicted octanol–water partition coefficient (Wildman–Crippen LogP) is 3.91. The molecule has 0 bridgehead atoms. The number of nitrogens with zero attached hydrogens (tertiary/aromatic N) is 3. The van der Waals surface area contributed by atoms with E-state index in [9.17, 15) is 33.6 Å².